The van der Waals surface area contributed by atoms with Crippen molar-refractivity contribution < 1.29 is 17.5 Å². The average molecular weight is 341 g/mol. The molecular formula is C17H24FNO3S. The Kier molecular flexibility index (Phi) is 5.04. The summed E-state index contributed by atoms with van der Waals surface area (Å²) in [5.74, 6) is 0.490. The predicted octanol–water partition coefficient (Wildman–Crippen LogP) is 2.59. The molecule has 6 heteroatoms. The molecule has 0 amide bonds. The van der Waals surface area contributed by atoms with Gasteiger partial charge in [0.15, 0.2) is 0 Å². The normalized spacial score (nSPS) is 21.3. The Morgan fingerprint density at radius 2 is 2.00 bits per heavy atom. The predicted molar refractivity (Wildman–Crippen MR) is 87.3 cm³/mol. The molecule has 4 nitrogen and oxygen atoms in total. The molecule has 1 aliphatic heterocycles. The highest BCUT2D eigenvalue weighted by atomic mass is 32.2. The summed E-state index contributed by atoms with van der Waals surface area (Å²) in [6.45, 7) is 1.45. The molecule has 1 aliphatic carbocycles. The molecule has 1 aromatic carbocycles. The topological polar surface area (TPSA) is 55.4 Å². The molecule has 0 atom stereocenters. The second kappa shape index (κ2) is 6.87. The lowest BCUT2D eigenvalue weighted by Gasteiger charge is -2.38. The molecule has 0 spiro atoms. The highest BCUT2D eigenvalue weighted by Crippen LogP contribution is 2.35. The molecule has 2 aliphatic rings. The van der Waals surface area contributed by atoms with Crippen LogP contribution in [0.15, 0.2) is 24.3 Å². The number of benzene rings is 1. The molecule has 1 heterocycles. The van der Waals surface area contributed by atoms with Crippen molar-refractivity contribution in [2.45, 2.75) is 37.5 Å². The van der Waals surface area contributed by atoms with Gasteiger partial charge >= 0.3 is 0 Å². The lowest BCUT2D eigenvalue weighted by atomic mass is 9.74. The van der Waals surface area contributed by atoms with Crippen molar-refractivity contribution in [1.82, 2.24) is 4.72 Å². The zero-order valence-electron chi connectivity index (χ0n) is 13.3. The average Bonchev–Trinajstić information content (AvgIpc) is 3.37. The van der Waals surface area contributed by atoms with E-state index in [0.717, 1.165) is 24.8 Å². The highest BCUT2D eigenvalue weighted by Gasteiger charge is 2.36. The highest BCUT2D eigenvalue weighted by molar-refractivity contribution is 7.89. The maximum atomic E-state index is 13.6. The third-order valence-electron chi connectivity index (χ3n) is 5.01. The first-order valence-corrected chi connectivity index (χ1v) is 9.96. The summed E-state index contributed by atoms with van der Waals surface area (Å²) < 4.78 is 46.3. The molecule has 0 aromatic heterocycles. The Morgan fingerprint density at radius 3 is 2.65 bits per heavy atom. The lowest BCUT2D eigenvalue weighted by Crippen LogP contribution is -2.45. The molecule has 3 rings (SSSR count). The lowest BCUT2D eigenvalue weighted by molar-refractivity contribution is 0.0516. The molecule has 128 valence electrons. The van der Waals surface area contributed by atoms with E-state index in [2.05, 4.69) is 4.72 Å². The molecule has 0 unspecified atom stereocenters. The van der Waals surface area contributed by atoms with Crippen molar-refractivity contribution in [2.24, 2.45) is 5.92 Å². The minimum atomic E-state index is -3.28. The number of sulfonamides is 1. The van der Waals surface area contributed by atoms with Crippen molar-refractivity contribution in [3.05, 3.63) is 35.6 Å². The molecule has 0 radical (unpaired) electrons. The van der Waals surface area contributed by atoms with Gasteiger partial charge in [-0.3, -0.25) is 0 Å². The van der Waals surface area contributed by atoms with Crippen LogP contribution < -0.4 is 4.72 Å². The maximum absolute atomic E-state index is 13.6. The van der Waals surface area contributed by atoms with Gasteiger partial charge in [-0.2, -0.15) is 0 Å². The van der Waals surface area contributed by atoms with Gasteiger partial charge < -0.3 is 4.74 Å². The summed E-state index contributed by atoms with van der Waals surface area (Å²) >= 11 is 0. The van der Waals surface area contributed by atoms with Gasteiger partial charge in [-0.25, -0.2) is 17.5 Å². The fraction of sp³-hybridized carbons (Fsp3) is 0.647. The second-order valence-corrected chi connectivity index (χ2v) is 8.70. The molecule has 23 heavy (non-hydrogen) atoms. The molecule has 1 aromatic rings. The first-order valence-electron chi connectivity index (χ1n) is 8.30. The van der Waals surface area contributed by atoms with Crippen LogP contribution in [0, 0.1) is 11.7 Å². The quantitative estimate of drug-likeness (QED) is 0.829. The van der Waals surface area contributed by atoms with Crippen molar-refractivity contribution >= 4 is 10.0 Å². The van der Waals surface area contributed by atoms with Crippen molar-refractivity contribution in [2.75, 3.05) is 25.5 Å². The summed E-state index contributed by atoms with van der Waals surface area (Å²) in [4.78, 5) is 0. The Labute approximate surface area is 137 Å². The van der Waals surface area contributed by atoms with Gasteiger partial charge in [0, 0.05) is 25.2 Å². The first-order chi connectivity index (χ1) is 11.0. The van der Waals surface area contributed by atoms with Crippen LogP contribution >= 0.6 is 0 Å². The smallest absolute Gasteiger partial charge is 0.211 e. The zero-order valence-corrected chi connectivity index (χ0v) is 14.1. The van der Waals surface area contributed by atoms with Gasteiger partial charge in [0.05, 0.1) is 5.75 Å². The van der Waals surface area contributed by atoms with Gasteiger partial charge in [-0.05, 0) is 42.9 Å². The summed E-state index contributed by atoms with van der Waals surface area (Å²) in [6, 6.07) is 6.50. The van der Waals surface area contributed by atoms with Gasteiger partial charge in [0.1, 0.15) is 5.82 Å². The standard InChI is InChI=1S/C17H24FNO3S/c18-16-3-1-2-15(12-16)17(7-9-22-10-8-17)13-19-23(20,21)11-6-14-4-5-14/h1-3,12,14,19H,4-11,13H2. The van der Waals surface area contributed by atoms with Crippen LogP contribution in [0.4, 0.5) is 4.39 Å². The van der Waals surface area contributed by atoms with E-state index in [0.29, 0.717) is 38.5 Å². The Morgan fingerprint density at radius 1 is 1.26 bits per heavy atom. The van der Waals surface area contributed by atoms with Crippen LogP contribution in [0.5, 0.6) is 0 Å². The van der Waals surface area contributed by atoms with Crippen LogP contribution in [0.25, 0.3) is 0 Å². The number of halogens is 1. The largest absolute Gasteiger partial charge is 0.381 e. The summed E-state index contributed by atoms with van der Waals surface area (Å²) in [6.07, 6.45) is 4.44. The van der Waals surface area contributed by atoms with Crippen LogP contribution in [0.2, 0.25) is 0 Å². The van der Waals surface area contributed by atoms with E-state index >= 15 is 0 Å². The van der Waals surface area contributed by atoms with E-state index in [4.69, 9.17) is 4.74 Å². The minimum absolute atomic E-state index is 0.188. The minimum Gasteiger partial charge on any atom is -0.381 e. The molecule has 0 bridgehead atoms. The Bertz CT molecular complexity index is 637. The van der Waals surface area contributed by atoms with Gasteiger partial charge in [-0.1, -0.05) is 25.0 Å². The van der Waals surface area contributed by atoms with Crippen molar-refractivity contribution in [3.8, 4) is 0 Å². The van der Waals surface area contributed by atoms with E-state index in [-0.39, 0.29) is 17.0 Å². The monoisotopic (exact) mass is 341 g/mol. The fourth-order valence-corrected chi connectivity index (χ4v) is 4.48. The van der Waals surface area contributed by atoms with Crippen molar-refractivity contribution in [1.29, 1.82) is 0 Å². The second-order valence-electron chi connectivity index (χ2n) is 6.78. The van der Waals surface area contributed by atoms with E-state index in [1.807, 2.05) is 6.07 Å². The van der Waals surface area contributed by atoms with Crippen LogP contribution in [0.3, 0.4) is 0 Å². The maximum Gasteiger partial charge on any atom is 0.211 e. The third kappa shape index (κ3) is 4.52. The molecule has 1 saturated heterocycles. The number of nitrogens with one attached hydrogen (secondary N) is 1. The summed E-state index contributed by atoms with van der Waals surface area (Å²) in [7, 11) is -3.28. The van der Waals surface area contributed by atoms with E-state index in [1.54, 1.807) is 6.07 Å². The third-order valence-corrected chi connectivity index (χ3v) is 6.37. The molecule has 1 N–H and O–H groups in total. The van der Waals surface area contributed by atoms with Crippen molar-refractivity contribution in [3.63, 3.8) is 0 Å². The van der Waals surface area contributed by atoms with Crippen LogP contribution in [-0.2, 0) is 20.2 Å². The molecule has 2 fully saturated rings. The Hall–Kier alpha value is -0.980. The molecule has 1 saturated carbocycles. The van der Waals surface area contributed by atoms with Crippen LogP contribution in [0.1, 0.15) is 37.7 Å². The van der Waals surface area contributed by atoms with Gasteiger partial charge in [0.25, 0.3) is 0 Å². The first kappa shape index (κ1) is 16.9. The Balaban J connectivity index is 1.71. The van der Waals surface area contributed by atoms with Gasteiger partial charge in [-0.15, -0.1) is 0 Å². The summed E-state index contributed by atoms with van der Waals surface area (Å²) in [5.41, 5.74) is 0.471. The van der Waals surface area contributed by atoms with E-state index in [9.17, 15) is 12.8 Å². The fourth-order valence-electron chi connectivity index (χ4n) is 3.20. The van der Waals surface area contributed by atoms with E-state index < -0.39 is 10.0 Å². The number of hydrogen-bond donors (Lipinski definition) is 1. The SMILES string of the molecule is O=S(=O)(CCC1CC1)NCC1(c2cccc(F)c2)CCOCC1. The van der Waals surface area contributed by atoms with E-state index in [1.165, 1.54) is 12.1 Å². The van der Waals surface area contributed by atoms with Gasteiger partial charge in [0.2, 0.25) is 10.0 Å². The zero-order chi connectivity index (χ0) is 16.3. The number of rotatable bonds is 7. The number of hydrogen-bond acceptors (Lipinski definition) is 3. The molecular weight excluding hydrogens is 317 g/mol. The van der Waals surface area contributed by atoms with Crippen LogP contribution in [-0.4, -0.2) is 33.9 Å². The number of ether oxygens (including phenoxy) is 1. The summed E-state index contributed by atoms with van der Waals surface area (Å²) in [5, 5.41) is 0.